The third kappa shape index (κ3) is 2.75. The molecule has 0 aliphatic carbocycles. The van der Waals surface area contributed by atoms with Crippen LogP contribution in [0.3, 0.4) is 0 Å². The second-order valence-electron chi connectivity index (χ2n) is 3.45. The fourth-order valence-electron chi connectivity index (χ4n) is 1.34. The molecule has 0 spiro atoms. The Balaban J connectivity index is 2.09. The third-order valence-corrected chi connectivity index (χ3v) is 2.23. The van der Waals surface area contributed by atoms with Gasteiger partial charge in [0, 0.05) is 5.56 Å². The van der Waals surface area contributed by atoms with Gasteiger partial charge in [0.05, 0.1) is 11.9 Å². The van der Waals surface area contributed by atoms with Gasteiger partial charge < -0.3 is 10.2 Å². The fraction of sp³-hybridized carbons (Fsp3) is 0. The third-order valence-electron chi connectivity index (χ3n) is 2.23. The number of hydrogen-bond donors (Lipinski definition) is 3. The van der Waals surface area contributed by atoms with Crippen LogP contribution in [0.15, 0.2) is 53.6 Å². The van der Waals surface area contributed by atoms with E-state index in [1.807, 2.05) is 0 Å². The Bertz CT molecular complexity index is 538. The first-order valence-corrected chi connectivity index (χ1v) is 5.12. The van der Waals surface area contributed by atoms with E-state index in [2.05, 4.69) is 10.5 Å². The predicted octanol–water partition coefficient (Wildman–Crippen LogP) is 2.54. The Kier molecular flexibility index (Phi) is 3.25. The molecule has 0 radical (unpaired) electrons. The molecular weight excluding hydrogens is 216 g/mol. The zero-order valence-corrected chi connectivity index (χ0v) is 9.04. The Labute approximate surface area is 98.9 Å². The van der Waals surface area contributed by atoms with E-state index in [0.717, 1.165) is 0 Å². The molecule has 0 aromatic heterocycles. The lowest BCUT2D eigenvalue weighted by atomic mass is 10.2. The quantitative estimate of drug-likeness (QED) is 0.429. The van der Waals surface area contributed by atoms with Crippen molar-refractivity contribution in [2.75, 3.05) is 5.43 Å². The van der Waals surface area contributed by atoms with E-state index in [1.54, 1.807) is 48.5 Å². The maximum Gasteiger partial charge on any atom is 0.140 e. The van der Waals surface area contributed by atoms with Crippen LogP contribution in [0.4, 0.5) is 5.69 Å². The normalized spacial score (nSPS) is 10.6. The van der Waals surface area contributed by atoms with Gasteiger partial charge in [-0.2, -0.15) is 5.10 Å². The van der Waals surface area contributed by atoms with Gasteiger partial charge in [-0.25, -0.2) is 0 Å². The molecule has 2 rings (SSSR count). The second-order valence-corrected chi connectivity index (χ2v) is 3.45. The number of phenolic OH excluding ortho intramolecular Hbond substituents is 2. The summed E-state index contributed by atoms with van der Waals surface area (Å²) in [4.78, 5) is 0. The van der Waals surface area contributed by atoms with E-state index in [4.69, 9.17) is 0 Å². The number of para-hydroxylation sites is 3. The van der Waals surface area contributed by atoms with E-state index < -0.39 is 0 Å². The molecule has 0 atom stereocenters. The summed E-state index contributed by atoms with van der Waals surface area (Å²) in [5, 5.41) is 22.9. The summed E-state index contributed by atoms with van der Waals surface area (Å²) >= 11 is 0. The Hall–Kier alpha value is -2.49. The van der Waals surface area contributed by atoms with Crippen LogP contribution in [0.2, 0.25) is 0 Å². The van der Waals surface area contributed by atoms with Crippen molar-refractivity contribution in [3.05, 3.63) is 54.1 Å². The lowest BCUT2D eigenvalue weighted by molar-refractivity contribution is 0.474. The molecule has 0 aliphatic heterocycles. The lowest BCUT2D eigenvalue weighted by Gasteiger charge is -2.02. The summed E-state index contributed by atoms with van der Waals surface area (Å²) in [6.07, 6.45) is 1.49. The minimum Gasteiger partial charge on any atom is -0.507 e. The average Bonchev–Trinajstić information content (AvgIpc) is 2.34. The zero-order chi connectivity index (χ0) is 12.1. The van der Waals surface area contributed by atoms with Crippen molar-refractivity contribution in [3.8, 4) is 11.5 Å². The number of nitrogens with zero attached hydrogens (tertiary/aromatic N) is 1. The maximum absolute atomic E-state index is 9.49. The topological polar surface area (TPSA) is 64.9 Å². The molecular formula is C13H12N2O2. The first kappa shape index (κ1) is 11.0. The predicted molar refractivity (Wildman–Crippen MR) is 67.4 cm³/mol. The number of hydrogen-bond acceptors (Lipinski definition) is 4. The van der Waals surface area contributed by atoms with Crippen molar-refractivity contribution in [2.45, 2.75) is 0 Å². The minimum absolute atomic E-state index is 0.127. The number of rotatable bonds is 3. The molecule has 0 saturated carbocycles. The lowest BCUT2D eigenvalue weighted by Crippen LogP contribution is -1.91. The molecule has 0 unspecified atom stereocenters. The Morgan fingerprint density at radius 3 is 2.24 bits per heavy atom. The van der Waals surface area contributed by atoms with Crippen molar-refractivity contribution in [2.24, 2.45) is 5.10 Å². The van der Waals surface area contributed by atoms with Crippen molar-refractivity contribution in [3.63, 3.8) is 0 Å². The van der Waals surface area contributed by atoms with Crippen LogP contribution in [-0.4, -0.2) is 16.4 Å². The molecule has 2 aromatic rings. The minimum atomic E-state index is 0.127. The largest absolute Gasteiger partial charge is 0.507 e. The maximum atomic E-state index is 9.49. The van der Waals surface area contributed by atoms with Gasteiger partial charge >= 0.3 is 0 Å². The van der Waals surface area contributed by atoms with Gasteiger partial charge in [-0.3, -0.25) is 5.43 Å². The van der Waals surface area contributed by atoms with Gasteiger partial charge in [-0.15, -0.1) is 0 Å². The molecule has 0 amide bonds. The molecule has 4 nitrogen and oxygen atoms in total. The molecule has 2 aromatic carbocycles. The van der Waals surface area contributed by atoms with Crippen molar-refractivity contribution in [1.29, 1.82) is 0 Å². The highest BCUT2D eigenvalue weighted by atomic mass is 16.3. The van der Waals surface area contributed by atoms with E-state index in [9.17, 15) is 10.2 Å². The molecule has 3 N–H and O–H groups in total. The van der Waals surface area contributed by atoms with Crippen LogP contribution in [0.5, 0.6) is 11.5 Å². The van der Waals surface area contributed by atoms with Gasteiger partial charge in [0.2, 0.25) is 0 Å². The molecule has 0 aliphatic rings. The van der Waals surface area contributed by atoms with Gasteiger partial charge in [0.15, 0.2) is 0 Å². The highest BCUT2D eigenvalue weighted by Crippen LogP contribution is 2.21. The zero-order valence-electron chi connectivity index (χ0n) is 9.04. The summed E-state index contributed by atoms with van der Waals surface area (Å²) in [5.74, 6) is 0.289. The standard InChI is InChI=1S/C13H12N2O2/c16-12-7-3-1-5-10(12)9-14-15-11-6-2-4-8-13(11)17/h1-9,15-17H/b14-9+. The van der Waals surface area contributed by atoms with Gasteiger partial charge in [-0.05, 0) is 24.3 Å². The van der Waals surface area contributed by atoms with Crippen LogP contribution < -0.4 is 5.43 Å². The first-order chi connectivity index (χ1) is 8.27. The van der Waals surface area contributed by atoms with E-state index in [-0.39, 0.29) is 11.5 Å². The van der Waals surface area contributed by atoms with Gasteiger partial charge in [-0.1, -0.05) is 24.3 Å². The number of aromatic hydroxyl groups is 2. The van der Waals surface area contributed by atoms with Gasteiger partial charge in [0.1, 0.15) is 11.5 Å². The monoisotopic (exact) mass is 228 g/mol. The first-order valence-electron chi connectivity index (χ1n) is 5.12. The number of benzene rings is 2. The molecule has 0 heterocycles. The number of nitrogens with one attached hydrogen (secondary N) is 1. The summed E-state index contributed by atoms with van der Waals surface area (Å²) in [6.45, 7) is 0. The average molecular weight is 228 g/mol. The van der Waals surface area contributed by atoms with Crippen LogP contribution in [0, 0.1) is 0 Å². The fourth-order valence-corrected chi connectivity index (χ4v) is 1.34. The summed E-state index contributed by atoms with van der Waals surface area (Å²) in [7, 11) is 0. The summed E-state index contributed by atoms with van der Waals surface area (Å²) < 4.78 is 0. The SMILES string of the molecule is Oc1ccccc1/C=N/Nc1ccccc1O. The number of phenols is 2. The van der Waals surface area contributed by atoms with E-state index in [1.165, 1.54) is 6.21 Å². The molecule has 0 bridgehead atoms. The van der Waals surface area contributed by atoms with Crippen molar-refractivity contribution >= 4 is 11.9 Å². The summed E-state index contributed by atoms with van der Waals surface area (Å²) in [5.41, 5.74) is 3.82. The molecule has 4 heteroatoms. The Morgan fingerprint density at radius 2 is 1.53 bits per heavy atom. The van der Waals surface area contributed by atoms with E-state index >= 15 is 0 Å². The highest BCUT2D eigenvalue weighted by molar-refractivity contribution is 5.83. The molecule has 86 valence electrons. The van der Waals surface area contributed by atoms with Crippen LogP contribution in [0.1, 0.15) is 5.56 Å². The van der Waals surface area contributed by atoms with Crippen LogP contribution in [0.25, 0.3) is 0 Å². The number of hydrazone groups is 1. The molecule has 17 heavy (non-hydrogen) atoms. The van der Waals surface area contributed by atoms with E-state index in [0.29, 0.717) is 11.3 Å². The van der Waals surface area contributed by atoms with Crippen LogP contribution in [-0.2, 0) is 0 Å². The Morgan fingerprint density at radius 1 is 0.882 bits per heavy atom. The summed E-state index contributed by atoms with van der Waals surface area (Å²) in [6, 6.07) is 13.7. The van der Waals surface area contributed by atoms with Crippen molar-refractivity contribution in [1.82, 2.24) is 0 Å². The number of anilines is 1. The van der Waals surface area contributed by atoms with Crippen molar-refractivity contribution < 1.29 is 10.2 Å². The van der Waals surface area contributed by atoms with Crippen LogP contribution >= 0.6 is 0 Å². The van der Waals surface area contributed by atoms with Gasteiger partial charge in [0.25, 0.3) is 0 Å². The smallest absolute Gasteiger partial charge is 0.140 e. The second kappa shape index (κ2) is 5.03. The molecule has 0 saturated heterocycles. The highest BCUT2D eigenvalue weighted by Gasteiger charge is 1.97. The molecule has 0 fully saturated rings.